The van der Waals surface area contributed by atoms with E-state index >= 15 is 0 Å². The van der Waals surface area contributed by atoms with Crippen LogP contribution in [0.1, 0.15) is 30.0 Å². The molecule has 0 bridgehead atoms. The van der Waals surface area contributed by atoms with Crippen molar-refractivity contribution in [3.8, 4) is 6.07 Å². The number of nitriles is 1. The number of likely N-dealkylation sites (N-methyl/N-ethyl adjacent to an activating group) is 1. The van der Waals surface area contributed by atoms with E-state index in [-0.39, 0.29) is 23.4 Å². The monoisotopic (exact) mass is 461 g/mol. The first-order valence-electron chi connectivity index (χ1n) is 8.84. The van der Waals surface area contributed by atoms with E-state index in [1.807, 2.05) is 30.3 Å². The average molecular weight is 462 g/mol. The summed E-state index contributed by atoms with van der Waals surface area (Å²) in [6.07, 6.45) is 1.74. The Kier molecular flexibility index (Phi) is 6.18. The Balaban J connectivity index is 1.74. The van der Waals surface area contributed by atoms with E-state index in [1.54, 1.807) is 4.90 Å². The Bertz CT molecular complexity index is 1020. The Morgan fingerprint density at radius 3 is 2.64 bits per heavy atom. The number of carbonyl (C=O) groups is 1. The normalized spacial score (nSPS) is 16.9. The zero-order valence-electron chi connectivity index (χ0n) is 15.4. The fourth-order valence-electron chi connectivity index (χ4n) is 3.37. The van der Waals surface area contributed by atoms with Crippen LogP contribution in [0.2, 0.25) is 0 Å². The first kappa shape index (κ1) is 20.5. The van der Waals surface area contributed by atoms with Gasteiger partial charge in [-0.1, -0.05) is 28.1 Å². The summed E-state index contributed by atoms with van der Waals surface area (Å²) >= 11 is 3.46. The van der Waals surface area contributed by atoms with E-state index in [9.17, 15) is 13.2 Å². The van der Waals surface area contributed by atoms with E-state index in [0.29, 0.717) is 12.1 Å². The van der Waals surface area contributed by atoms with Crippen molar-refractivity contribution in [1.82, 2.24) is 9.21 Å². The summed E-state index contributed by atoms with van der Waals surface area (Å²) in [6, 6.07) is 15.4. The molecule has 1 saturated heterocycles. The quantitative estimate of drug-likeness (QED) is 0.683. The number of benzene rings is 2. The number of hydrogen-bond donors (Lipinski definition) is 0. The molecule has 2 aromatic rings. The van der Waals surface area contributed by atoms with Crippen molar-refractivity contribution in [1.29, 1.82) is 5.26 Å². The number of halogens is 1. The van der Waals surface area contributed by atoms with Crippen molar-refractivity contribution in [3.63, 3.8) is 0 Å². The number of amides is 1. The topological polar surface area (TPSA) is 81.5 Å². The van der Waals surface area contributed by atoms with Gasteiger partial charge in [0.05, 0.1) is 29.1 Å². The van der Waals surface area contributed by atoms with Gasteiger partial charge < -0.3 is 4.90 Å². The van der Waals surface area contributed by atoms with Gasteiger partial charge in [-0.3, -0.25) is 4.79 Å². The smallest absolute Gasteiger partial charge is 0.243 e. The van der Waals surface area contributed by atoms with Crippen molar-refractivity contribution in [2.24, 2.45) is 0 Å². The second kappa shape index (κ2) is 8.43. The molecule has 0 aliphatic carbocycles. The lowest BCUT2D eigenvalue weighted by atomic mass is 10.0. The molecule has 1 unspecified atom stereocenters. The van der Waals surface area contributed by atoms with Gasteiger partial charge in [0.25, 0.3) is 0 Å². The van der Waals surface area contributed by atoms with Gasteiger partial charge in [0.1, 0.15) is 0 Å². The standard InChI is InChI=1S/C20H20BrN3O3S/c1-23(28(26,27)18-9-7-15(13-22)8-10-18)14-20(25)24-11-3-6-19(24)16-4-2-5-17(21)12-16/h2,4-5,7-10,12,19H,3,6,11,14H2,1H3. The number of hydrogen-bond acceptors (Lipinski definition) is 4. The first-order valence-corrected chi connectivity index (χ1v) is 11.1. The van der Waals surface area contributed by atoms with Crippen LogP contribution in [-0.2, 0) is 14.8 Å². The molecule has 1 fully saturated rings. The molecular weight excluding hydrogens is 442 g/mol. The molecule has 1 aliphatic heterocycles. The molecule has 0 aromatic heterocycles. The molecule has 1 atom stereocenters. The minimum absolute atomic E-state index is 0.0454. The zero-order valence-corrected chi connectivity index (χ0v) is 17.8. The van der Waals surface area contributed by atoms with E-state index in [0.717, 1.165) is 27.2 Å². The van der Waals surface area contributed by atoms with E-state index in [4.69, 9.17) is 5.26 Å². The van der Waals surface area contributed by atoms with Crippen molar-refractivity contribution >= 4 is 31.9 Å². The largest absolute Gasteiger partial charge is 0.335 e. The van der Waals surface area contributed by atoms with Gasteiger partial charge in [-0.25, -0.2) is 8.42 Å². The van der Waals surface area contributed by atoms with Gasteiger partial charge in [-0.15, -0.1) is 0 Å². The molecule has 0 saturated carbocycles. The van der Waals surface area contributed by atoms with Crippen LogP contribution in [-0.4, -0.2) is 43.7 Å². The lowest BCUT2D eigenvalue weighted by Gasteiger charge is -2.27. The number of rotatable bonds is 5. The predicted octanol–water partition coefficient (Wildman–Crippen LogP) is 3.30. The Hall–Kier alpha value is -2.21. The van der Waals surface area contributed by atoms with E-state index < -0.39 is 10.0 Å². The molecule has 0 radical (unpaired) electrons. The highest BCUT2D eigenvalue weighted by Gasteiger charge is 2.32. The fourth-order valence-corrected chi connectivity index (χ4v) is 4.91. The maximum Gasteiger partial charge on any atom is 0.243 e. The van der Waals surface area contributed by atoms with Crippen LogP contribution in [0.4, 0.5) is 0 Å². The third-order valence-electron chi connectivity index (χ3n) is 4.86. The third kappa shape index (κ3) is 4.27. The molecule has 8 heteroatoms. The van der Waals surface area contributed by atoms with Gasteiger partial charge in [0.15, 0.2) is 0 Å². The highest BCUT2D eigenvalue weighted by atomic mass is 79.9. The van der Waals surface area contributed by atoms with E-state index in [1.165, 1.54) is 31.3 Å². The van der Waals surface area contributed by atoms with Gasteiger partial charge >= 0.3 is 0 Å². The van der Waals surface area contributed by atoms with Crippen molar-refractivity contribution in [2.45, 2.75) is 23.8 Å². The summed E-state index contributed by atoms with van der Waals surface area (Å²) in [4.78, 5) is 14.7. The molecule has 1 heterocycles. The van der Waals surface area contributed by atoms with Gasteiger partial charge in [-0.2, -0.15) is 9.57 Å². The highest BCUT2D eigenvalue weighted by Crippen LogP contribution is 2.33. The predicted molar refractivity (Wildman–Crippen MR) is 109 cm³/mol. The summed E-state index contributed by atoms with van der Waals surface area (Å²) in [6.45, 7) is 0.383. The lowest BCUT2D eigenvalue weighted by molar-refractivity contribution is -0.132. The molecule has 0 spiro atoms. The zero-order chi connectivity index (χ0) is 20.3. The Morgan fingerprint density at radius 2 is 2.00 bits per heavy atom. The second-order valence-electron chi connectivity index (χ2n) is 6.70. The van der Waals surface area contributed by atoms with Crippen molar-refractivity contribution in [2.75, 3.05) is 20.1 Å². The summed E-state index contributed by atoms with van der Waals surface area (Å²) in [5.41, 5.74) is 1.42. The third-order valence-corrected chi connectivity index (χ3v) is 7.17. The van der Waals surface area contributed by atoms with Crippen LogP contribution < -0.4 is 0 Å². The molecule has 1 aliphatic rings. The number of sulfonamides is 1. The molecule has 1 amide bonds. The number of carbonyl (C=O) groups excluding carboxylic acids is 1. The van der Waals surface area contributed by atoms with Crippen LogP contribution in [0.5, 0.6) is 0 Å². The summed E-state index contributed by atoms with van der Waals surface area (Å²) < 4.78 is 27.5. The maximum absolute atomic E-state index is 12.9. The molecule has 3 rings (SSSR count). The van der Waals surface area contributed by atoms with E-state index in [2.05, 4.69) is 15.9 Å². The van der Waals surface area contributed by atoms with Crippen LogP contribution in [0.15, 0.2) is 57.9 Å². The van der Waals surface area contributed by atoms with Crippen LogP contribution >= 0.6 is 15.9 Å². The molecule has 2 aromatic carbocycles. The number of nitrogens with zero attached hydrogens (tertiary/aromatic N) is 3. The van der Waals surface area contributed by atoms with Crippen LogP contribution in [0, 0.1) is 11.3 Å². The molecule has 146 valence electrons. The Labute approximate surface area is 173 Å². The number of likely N-dealkylation sites (tertiary alicyclic amines) is 1. The maximum atomic E-state index is 12.9. The first-order chi connectivity index (χ1) is 13.3. The van der Waals surface area contributed by atoms with Gasteiger partial charge in [0, 0.05) is 18.1 Å². The lowest BCUT2D eigenvalue weighted by Crippen LogP contribution is -2.40. The average Bonchev–Trinajstić information content (AvgIpc) is 3.18. The molecular formula is C20H20BrN3O3S. The van der Waals surface area contributed by atoms with Gasteiger partial charge in [-0.05, 0) is 54.8 Å². The Morgan fingerprint density at radius 1 is 1.29 bits per heavy atom. The minimum atomic E-state index is -3.81. The summed E-state index contributed by atoms with van der Waals surface area (Å²) in [5, 5.41) is 8.85. The minimum Gasteiger partial charge on any atom is -0.335 e. The second-order valence-corrected chi connectivity index (χ2v) is 9.66. The molecule has 0 N–H and O–H groups in total. The molecule has 28 heavy (non-hydrogen) atoms. The van der Waals surface area contributed by atoms with Crippen molar-refractivity contribution in [3.05, 3.63) is 64.1 Å². The van der Waals surface area contributed by atoms with Gasteiger partial charge in [0.2, 0.25) is 15.9 Å². The molecule has 6 nitrogen and oxygen atoms in total. The fraction of sp³-hybridized carbons (Fsp3) is 0.300. The van der Waals surface area contributed by atoms with Crippen molar-refractivity contribution < 1.29 is 13.2 Å². The summed E-state index contributed by atoms with van der Waals surface area (Å²) in [7, 11) is -2.41. The SMILES string of the molecule is CN(CC(=O)N1CCCC1c1cccc(Br)c1)S(=O)(=O)c1ccc(C#N)cc1. The van der Waals surface area contributed by atoms with Crippen LogP contribution in [0.25, 0.3) is 0 Å². The highest BCUT2D eigenvalue weighted by molar-refractivity contribution is 9.10. The summed E-state index contributed by atoms with van der Waals surface area (Å²) in [5.74, 6) is -0.220. The van der Waals surface area contributed by atoms with Crippen LogP contribution in [0.3, 0.4) is 0 Å².